The second-order valence-corrected chi connectivity index (χ2v) is 6.75. The molecular weight excluding hydrogens is 344 g/mol. The lowest BCUT2D eigenvalue weighted by molar-refractivity contribution is -0.139. The first-order chi connectivity index (χ1) is 12.0. The highest BCUT2D eigenvalue weighted by Crippen LogP contribution is 2.33. The zero-order valence-corrected chi connectivity index (χ0v) is 14.4. The predicted molar refractivity (Wildman–Crippen MR) is 93.8 cm³/mol. The van der Waals surface area contributed by atoms with Crippen LogP contribution >= 0.6 is 11.6 Å². The molecule has 3 rings (SSSR count). The van der Waals surface area contributed by atoms with Gasteiger partial charge in [0.1, 0.15) is 11.3 Å². The van der Waals surface area contributed by atoms with Gasteiger partial charge in [-0.15, -0.1) is 0 Å². The topological polar surface area (TPSA) is 88.5 Å². The van der Waals surface area contributed by atoms with E-state index in [1.807, 2.05) is 6.07 Å². The average Bonchev–Trinajstić information content (AvgIpc) is 3.01. The molecule has 0 unspecified atom stereocenters. The van der Waals surface area contributed by atoms with Gasteiger partial charge in [-0.1, -0.05) is 24.4 Å². The third kappa shape index (κ3) is 4.02. The molecule has 2 N–H and O–H groups in total. The molecule has 0 aliphatic heterocycles. The highest BCUT2D eigenvalue weighted by molar-refractivity contribution is 6.35. The van der Waals surface area contributed by atoms with Crippen LogP contribution in [0.15, 0.2) is 30.5 Å². The summed E-state index contributed by atoms with van der Waals surface area (Å²) in [5, 5.41) is 13.3. The first-order valence-electron chi connectivity index (χ1n) is 8.18. The molecular formula is C18H19ClN2O4. The zero-order chi connectivity index (χ0) is 17.9. The highest BCUT2D eigenvalue weighted by atomic mass is 35.5. The van der Waals surface area contributed by atoms with Gasteiger partial charge >= 0.3 is 5.97 Å². The molecule has 0 spiro atoms. The van der Waals surface area contributed by atoms with Gasteiger partial charge in [0.2, 0.25) is 0 Å². The number of nitrogens with one attached hydrogen (secondary N) is 1. The Balaban J connectivity index is 1.68. The number of hydrogen-bond acceptors (Lipinski definition) is 4. The minimum atomic E-state index is -0.906. The number of benzene rings is 1. The Morgan fingerprint density at radius 2 is 2.04 bits per heavy atom. The lowest BCUT2D eigenvalue weighted by Crippen LogP contribution is -2.49. The summed E-state index contributed by atoms with van der Waals surface area (Å²) in [7, 11) is 0. The number of amides is 1. The molecule has 1 aliphatic rings. The van der Waals surface area contributed by atoms with E-state index in [0.717, 1.165) is 18.2 Å². The smallest absolute Gasteiger partial charge is 0.305 e. The maximum atomic E-state index is 12.3. The van der Waals surface area contributed by atoms with Crippen molar-refractivity contribution < 1.29 is 19.4 Å². The summed E-state index contributed by atoms with van der Waals surface area (Å²) in [6.45, 7) is -0.200. The van der Waals surface area contributed by atoms with Crippen molar-refractivity contribution >= 4 is 34.4 Å². The van der Waals surface area contributed by atoms with Crippen molar-refractivity contribution in [2.24, 2.45) is 0 Å². The molecule has 6 nitrogen and oxygen atoms in total. The van der Waals surface area contributed by atoms with Gasteiger partial charge in [0.25, 0.3) is 5.91 Å². The largest absolute Gasteiger partial charge is 0.481 e. The Hall–Kier alpha value is -2.34. The van der Waals surface area contributed by atoms with Gasteiger partial charge in [-0.25, -0.2) is 0 Å². The quantitative estimate of drug-likeness (QED) is 0.824. The van der Waals surface area contributed by atoms with Crippen LogP contribution in [0.1, 0.15) is 32.1 Å². The van der Waals surface area contributed by atoms with E-state index in [0.29, 0.717) is 29.1 Å². The number of aliphatic carboxylic acids is 1. The lowest BCUT2D eigenvalue weighted by atomic mass is 9.93. The number of carbonyl (C=O) groups excluding carboxylic acids is 1. The monoisotopic (exact) mass is 362 g/mol. The molecule has 7 heteroatoms. The van der Waals surface area contributed by atoms with E-state index in [2.05, 4.69) is 10.3 Å². The Labute approximate surface area is 150 Å². The van der Waals surface area contributed by atoms with Gasteiger partial charge in [0.15, 0.2) is 6.61 Å². The van der Waals surface area contributed by atoms with Crippen LogP contribution in [0.3, 0.4) is 0 Å². The third-order valence-corrected chi connectivity index (χ3v) is 4.82. The molecule has 1 heterocycles. The fourth-order valence-electron chi connectivity index (χ4n) is 3.39. The van der Waals surface area contributed by atoms with E-state index in [4.69, 9.17) is 21.4 Å². The van der Waals surface area contributed by atoms with E-state index in [9.17, 15) is 9.59 Å². The van der Waals surface area contributed by atoms with Crippen LogP contribution in [0.2, 0.25) is 5.02 Å². The van der Waals surface area contributed by atoms with E-state index < -0.39 is 11.5 Å². The van der Waals surface area contributed by atoms with E-state index >= 15 is 0 Å². The minimum Gasteiger partial charge on any atom is -0.481 e. The number of hydrogen-bond donors (Lipinski definition) is 2. The standard InChI is InChI=1S/C18H19ClN2O4/c19-13-5-6-14(17-12(13)4-3-9-20-17)25-11-15(22)21-18(10-16(23)24)7-1-2-8-18/h3-6,9H,1-2,7-8,10-11H2,(H,21,22)(H,23,24). The summed E-state index contributed by atoms with van der Waals surface area (Å²) in [5.41, 5.74) is -0.0732. The van der Waals surface area contributed by atoms with Gasteiger partial charge in [-0.3, -0.25) is 14.6 Å². The Bertz CT molecular complexity index is 803. The average molecular weight is 363 g/mol. The van der Waals surface area contributed by atoms with Gasteiger partial charge in [0, 0.05) is 11.6 Å². The van der Waals surface area contributed by atoms with Crippen LogP contribution in [0, 0.1) is 0 Å². The van der Waals surface area contributed by atoms with Crippen LogP contribution in [0.5, 0.6) is 5.75 Å². The van der Waals surface area contributed by atoms with E-state index in [-0.39, 0.29) is 18.9 Å². The fourth-order valence-corrected chi connectivity index (χ4v) is 3.61. The van der Waals surface area contributed by atoms with Crippen molar-refractivity contribution in [3.8, 4) is 5.75 Å². The molecule has 1 saturated carbocycles. The number of ether oxygens (including phenoxy) is 1. The SMILES string of the molecule is O=C(O)CC1(NC(=O)COc2ccc(Cl)c3cccnc23)CCCC1. The number of carbonyl (C=O) groups is 2. The van der Waals surface area contributed by atoms with Crippen molar-refractivity contribution in [3.63, 3.8) is 0 Å². The van der Waals surface area contributed by atoms with Crippen molar-refractivity contribution in [3.05, 3.63) is 35.5 Å². The number of carboxylic acids is 1. The van der Waals surface area contributed by atoms with Crippen LogP contribution < -0.4 is 10.1 Å². The second-order valence-electron chi connectivity index (χ2n) is 6.34. The normalized spacial score (nSPS) is 15.9. The van der Waals surface area contributed by atoms with Crippen molar-refractivity contribution in [2.75, 3.05) is 6.61 Å². The second kappa shape index (κ2) is 7.27. The number of halogens is 1. The minimum absolute atomic E-state index is 0.0653. The molecule has 0 atom stereocenters. The Kier molecular flexibility index (Phi) is 5.08. The number of fused-ring (bicyclic) bond motifs is 1. The van der Waals surface area contributed by atoms with Crippen LogP contribution in [-0.4, -0.2) is 34.1 Å². The van der Waals surface area contributed by atoms with Crippen LogP contribution in [0.25, 0.3) is 10.9 Å². The van der Waals surface area contributed by atoms with Crippen molar-refractivity contribution in [1.82, 2.24) is 10.3 Å². The summed E-state index contributed by atoms with van der Waals surface area (Å²) in [4.78, 5) is 27.6. The van der Waals surface area contributed by atoms with E-state index in [1.165, 1.54) is 0 Å². The zero-order valence-electron chi connectivity index (χ0n) is 13.6. The molecule has 0 radical (unpaired) electrons. The summed E-state index contributed by atoms with van der Waals surface area (Å²) in [5.74, 6) is -0.771. The van der Waals surface area contributed by atoms with Gasteiger partial charge in [-0.2, -0.15) is 0 Å². The summed E-state index contributed by atoms with van der Waals surface area (Å²) < 4.78 is 5.62. The van der Waals surface area contributed by atoms with Crippen LogP contribution in [-0.2, 0) is 9.59 Å². The van der Waals surface area contributed by atoms with Gasteiger partial charge in [-0.05, 0) is 37.1 Å². The lowest BCUT2D eigenvalue weighted by Gasteiger charge is -2.28. The third-order valence-electron chi connectivity index (χ3n) is 4.49. The molecule has 1 amide bonds. The highest BCUT2D eigenvalue weighted by Gasteiger charge is 2.37. The Morgan fingerprint density at radius 1 is 1.28 bits per heavy atom. The molecule has 132 valence electrons. The molecule has 1 aliphatic carbocycles. The molecule has 1 fully saturated rings. The van der Waals surface area contributed by atoms with Gasteiger partial charge in [0.05, 0.1) is 17.0 Å². The first kappa shape index (κ1) is 17.5. The van der Waals surface area contributed by atoms with Gasteiger partial charge < -0.3 is 15.2 Å². The summed E-state index contributed by atoms with van der Waals surface area (Å²) in [6, 6.07) is 6.98. The maximum absolute atomic E-state index is 12.3. The summed E-state index contributed by atoms with van der Waals surface area (Å²) >= 11 is 6.14. The number of pyridine rings is 1. The molecule has 25 heavy (non-hydrogen) atoms. The predicted octanol–water partition coefficient (Wildman–Crippen LogP) is 3.17. The first-order valence-corrected chi connectivity index (χ1v) is 8.56. The van der Waals surface area contributed by atoms with Crippen molar-refractivity contribution in [1.29, 1.82) is 0 Å². The Morgan fingerprint density at radius 3 is 2.76 bits per heavy atom. The summed E-state index contributed by atoms with van der Waals surface area (Å²) in [6.07, 6.45) is 4.75. The number of rotatable bonds is 6. The number of aromatic nitrogens is 1. The molecule has 0 bridgehead atoms. The molecule has 2 aromatic rings. The molecule has 1 aromatic heterocycles. The fraction of sp³-hybridized carbons (Fsp3) is 0.389. The number of nitrogens with zero attached hydrogens (tertiary/aromatic N) is 1. The van der Waals surface area contributed by atoms with Crippen LogP contribution in [0.4, 0.5) is 0 Å². The number of carboxylic acid groups (broad SMARTS) is 1. The van der Waals surface area contributed by atoms with E-state index in [1.54, 1.807) is 24.4 Å². The molecule has 0 saturated heterocycles. The van der Waals surface area contributed by atoms with Crippen molar-refractivity contribution in [2.45, 2.75) is 37.6 Å². The molecule has 1 aromatic carbocycles. The maximum Gasteiger partial charge on any atom is 0.305 e.